The van der Waals surface area contributed by atoms with Crippen LogP contribution in [0.1, 0.15) is 43.7 Å². The Bertz CT molecular complexity index is 846. The second kappa shape index (κ2) is 8.01. The van der Waals surface area contributed by atoms with Gasteiger partial charge in [0, 0.05) is 24.8 Å². The lowest BCUT2D eigenvalue weighted by atomic mass is 10.1. The molecule has 1 aliphatic heterocycles. The Balaban J connectivity index is 1.39. The minimum absolute atomic E-state index is 0.0884. The summed E-state index contributed by atoms with van der Waals surface area (Å²) in [5.41, 5.74) is 1.27. The molecule has 1 saturated heterocycles. The summed E-state index contributed by atoms with van der Waals surface area (Å²) in [6.45, 7) is 2.07. The van der Waals surface area contributed by atoms with E-state index in [0.29, 0.717) is 17.3 Å². The first-order valence-corrected chi connectivity index (χ1v) is 10.4. The Morgan fingerprint density at radius 2 is 1.93 bits per heavy atom. The van der Waals surface area contributed by atoms with Gasteiger partial charge in [-0.25, -0.2) is 0 Å². The number of hydrogen-bond acceptors (Lipinski definition) is 6. The number of carbonyl (C=O) groups is 1. The van der Waals surface area contributed by atoms with Gasteiger partial charge in [0.15, 0.2) is 5.16 Å². The van der Waals surface area contributed by atoms with Crippen molar-refractivity contribution in [2.24, 2.45) is 0 Å². The molecule has 8 heteroatoms. The molecule has 140 valence electrons. The highest BCUT2D eigenvalue weighted by Crippen LogP contribution is 2.41. The number of nitriles is 1. The van der Waals surface area contributed by atoms with Crippen LogP contribution < -0.4 is 10.2 Å². The van der Waals surface area contributed by atoms with E-state index in [0.717, 1.165) is 37.0 Å². The molecule has 1 saturated carbocycles. The van der Waals surface area contributed by atoms with E-state index in [1.54, 1.807) is 24.3 Å². The van der Waals surface area contributed by atoms with Gasteiger partial charge in [-0.3, -0.25) is 9.36 Å². The van der Waals surface area contributed by atoms with E-state index in [9.17, 15) is 4.79 Å². The molecule has 2 aliphatic rings. The molecule has 1 aromatic carbocycles. The van der Waals surface area contributed by atoms with E-state index in [1.807, 2.05) is 0 Å². The molecule has 0 atom stereocenters. The Morgan fingerprint density at radius 1 is 1.19 bits per heavy atom. The van der Waals surface area contributed by atoms with E-state index in [4.69, 9.17) is 5.26 Å². The lowest BCUT2D eigenvalue weighted by Crippen LogP contribution is -2.32. The van der Waals surface area contributed by atoms with E-state index < -0.39 is 0 Å². The van der Waals surface area contributed by atoms with E-state index in [1.165, 1.54) is 31.0 Å². The van der Waals surface area contributed by atoms with Crippen LogP contribution in [0.5, 0.6) is 0 Å². The number of thioether (sulfide) groups is 1. The van der Waals surface area contributed by atoms with Gasteiger partial charge < -0.3 is 10.2 Å². The SMILES string of the molecule is N#Cc1ccc(NC(=O)CSc2nnc(N3CCCCC3)n2C2CC2)cc1. The zero-order chi connectivity index (χ0) is 18.6. The minimum atomic E-state index is -0.0884. The van der Waals surface area contributed by atoms with Gasteiger partial charge in [-0.15, -0.1) is 10.2 Å². The fourth-order valence-corrected chi connectivity index (χ4v) is 4.09. The van der Waals surface area contributed by atoms with Crippen molar-refractivity contribution in [2.45, 2.75) is 43.3 Å². The zero-order valence-electron chi connectivity index (χ0n) is 15.1. The van der Waals surface area contributed by atoms with Crippen molar-refractivity contribution in [1.82, 2.24) is 14.8 Å². The minimum Gasteiger partial charge on any atom is -0.341 e. The fraction of sp³-hybridized carbons (Fsp3) is 0.474. The largest absolute Gasteiger partial charge is 0.341 e. The van der Waals surface area contributed by atoms with Crippen LogP contribution in [0.4, 0.5) is 11.6 Å². The van der Waals surface area contributed by atoms with Gasteiger partial charge in [0.05, 0.1) is 17.4 Å². The quantitative estimate of drug-likeness (QED) is 0.772. The number of amides is 1. The third-order valence-electron chi connectivity index (χ3n) is 4.83. The molecule has 7 nitrogen and oxygen atoms in total. The number of carbonyl (C=O) groups excluding carboxylic acids is 1. The first kappa shape index (κ1) is 17.9. The number of anilines is 2. The maximum atomic E-state index is 12.3. The molecule has 1 aromatic heterocycles. The Hall–Kier alpha value is -2.53. The third kappa shape index (κ3) is 4.25. The average Bonchev–Trinajstić information content (AvgIpc) is 3.46. The van der Waals surface area contributed by atoms with Crippen molar-refractivity contribution >= 4 is 29.3 Å². The smallest absolute Gasteiger partial charge is 0.234 e. The van der Waals surface area contributed by atoms with Crippen molar-refractivity contribution in [3.05, 3.63) is 29.8 Å². The number of nitrogens with one attached hydrogen (secondary N) is 1. The molecule has 0 unspecified atom stereocenters. The van der Waals surface area contributed by atoms with Gasteiger partial charge in [0.1, 0.15) is 0 Å². The number of benzene rings is 1. The highest BCUT2D eigenvalue weighted by Gasteiger charge is 2.32. The lowest BCUT2D eigenvalue weighted by molar-refractivity contribution is -0.113. The van der Waals surface area contributed by atoms with Crippen molar-refractivity contribution < 1.29 is 4.79 Å². The second-order valence-corrected chi connectivity index (χ2v) is 7.90. The summed E-state index contributed by atoms with van der Waals surface area (Å²) >= 11 is 1.43. The van der Waals surface area contributed by atoms with Crippen molar-refractivity contribution in [1.29, 1.82) is 5.26 Å². The standard InChI is InChI=1S/C19H22N6OS/c20-12-14-4-6-15(7-5-14)21-17(26)13-27-19-23-22-18(25(19)16-8-9-16)24-10-2-1-3-11-24/h4-7,16H,1-3,8-11,13H2,(H,21,26). The number of nitrogens with zero attached hydrogens (tertiary/aromatic N) is 5. The Labute approximate surface area is 162 Å². The van der Waals surface area contributed by atoms with Gasteiger partial charge in [0.25, 0.3) is 0 Å². The highest BCUT2D eigenvalue weighted by molar-refractivity contribution is 7.99. The van der Waals surface area contributed by atoms with Crippen LogP contribution in [0.2, 0.25) is 0 Å². The molecule has 1 N–H and O–H groups in total. The summed E-state index contributed by atoms with van der Waals surface area (Å²) in [6, 6.07) is 9.40. The summed E-state index contributed by atoms with van der Waals surface area (Å²) in [5.74, 6) is 1.16. The lowest BCUT2D eigenvalue weighted by Gasteiger charge is -2.27. The van der Waals surface area contributed by atoms with Gasteiger partial charge in [0.2, 0.25) is 11.9 Å². The molecular formula is C19H22N6OS. The van der Waals surface area contributed by atoms with E-state index in [2.05, 4.69) is 31.1 Å². The maximum absolute atomic E-state index is 12.3. The monoisotopic (exact) mass is 382 g/mol. The zero-order valence-corrected chi connectivity index (χ0v) is 15.9. The number of rotatable bonds is 6. The number of piperidine rings is 1. The molecule has 2 heterocycles. The van der Waals surface area contributed by atoms with Crippen LogP contribution in [0.15, 0.2) is 29.4 Å². The summed E-state index contributed by atoms with van der Waals surface area (Å²) in [6.07, 6.45) is 6.00. The van der Waals surface area contributed by atoms with Crippen LogP contribution in [0.25, 0.3) is 0 Å². The van der Waals surface area contributed by atoms with Crippen molar-refractivity contribution in [2.75, 3.05) is 29.1 Å². The average molecular weight is 382 g/mol. The van der Waals surface area contributed by atoms with Crippen LogP contribution in [0, 0.1) is 11.3 Å². The summed E-state index contributed by atoms with van der Waals surface area (Å²) < 4.78 is 2.23. The van der Waals surface area contributed by atoms with Crippen LogP contribution in [-0.2, 0) is 4.79 Å². The molecule has 27 heavy (non-hydrogen) atoms. The topological polar surface area (TPSA) is 86.8 Å². The third-order valence-corrected chi connectivity index (χ3v) is 5.77. The predicted octanol–water partition coefficient (Wildman–Crippen LogP) is 3.21. The summed E-state index contributed by atoms with van der Waals surface area (Å²) in [4.78, 5) is 14.6. The summed E-state index contributed by atoms with van der Waals surface area (Å²) in [7, 11) is 0. The molecule has 2 aromatic rings. The highest BCUT2D eigenvalue weighted by atomic mass is 32.2. The number of hydrogen-bond donors (Lipinski definition) is 1. The van der Waals surface area contributed by atoms with Crippen LogP contribution in [0.3, 0.4) is 0 Å². The van der Waals surface area contributed by atoms with Gasteiger partial charge in [-0.2, -0.15) is 5.26 Å². The van der Waals surface area contributed by atoms with Crippen LogP contribution in [-0.4, -0.2) is 39.5 Å². The molecule has 0 spiro atoms. The van der Waals surface area contributed by atoms with Gasteiger partial charge >= 0.3 is 0 Å². The first-order chi connectivity index (χ1) is 13.2. The Morgan fingerprint density at radius 3 is 2.59 bits per heavy atom. The molecular weight excluding hydrogens is 360 g/mol. The molecule has 1 aliphatic carbocycles. The Kier molecular flexibility index (Phi) is 5.30. The maximum Gasteiger partial charge on any atom is 0.234 e. The normalized spacial score (nSPS) is 16.8. The summed E-state index contributed by atoms with van der Waals surface area (Å²) in [5, 5.41) is 21.3. The molecule has 1 amide bonds. The van der Waals surface area contributed by atoms with Gasteiger partial charge in [-0.05, 0) is 56.4 Å². The number of aromatic nitrogens is 3. The van der Waals surface area contributed by atoms with E-state index >= 15 is 0 Å². The van der Waals surface area contributed by atoms with E-state index in [-0.39, 0.29) is 11.7 Å². The van der Waals surface area contributed by atoms with Crippen molar-refractivity contribution in [3.8, 4) is 6.07 Å². The second-order valence-electron chi connectivity index (χ2n) is 6.96. The molecule has 4 rings (SSSR count). The molecule has 2 fully saturated rings. The van der Waals surface area contributed by atoms with Gasteiger partial charge in [-0.1, -0.05) is 11.8 Å². The fourth-order valence-electron chi connectivity index (χ4n) is 3.28. The first-order valence-electron chi connectivity index (χ1n) is 9.37. The van der Waals surface area contributed by atoms with Crippen LogP contribution >= 0.6 is 11.8 Å². The predicted molar refractivity (Wildman–Crippen MR) is 105 cm³/mol. The van der Waals surface area contributed by atoms with Crippen molar-refractivity contribution in [3.63, 3.8) is 0 Å². The molecule has 0 radical (unpaired) electrons. The molecule has 0 bridgehead atoms.